The summed E-state index contributed by atoms with van der Waals surface area (Å²) >= 11 is 1.75. The van der Waals surface area contributed by atoms with Crippen molar-refractivity contribution in [1.29, 1.82) is 0 Å². The molecule has 0 aliphatic heterocycles. The Labute approximate surface area is 143 Å². The molecule has 2 aromatic rings. The van der Waals surface area contributed by atoms with Crippen LogP contribution in [0.1, 0.15) is 25.1 Å². The Hall–Kier alpha value is -1.65. The number of rotatable bonds is 8. The highest BCUT2D eigenvalue weighted by molar-refractivity contribution is 7.16. The van der Waals surface area contributed by atoms with Crippen LogP contribution in [0.4, 0.5) is 5.69 Å². The molecule has 4 heteroatoms. The lowest BCUT2D eigenvalue weighted by Gasteiger charge is -2.26. The second-order valence-corrected chi connectivity index (χ2v) is 7.22. The molecule has 0 aliphatic rings. The molecule has 0 radical (unpaired) electrons. The van der Waals surface area contributed by atoms with Crippen molar-refractivity contribution in [2.45, 2.75) is 33.2 Å². The van der Waals surface area contributed by atoms with Gasteiger partial charge in [-0.2, -0.15) is 0 Å². The molecule has 0 saturated carbocycles. The lowest BCUT2D eigenvalue weighted by atomic mass is 10.1. The Morgan fingerprint density at radius 3 is 2.57 bits per heavy atom. The predicted molar refractivity (Wildman–Crippen MR) is 100 cm³/mol. The molecular weight excluding hydrogens is 304 g/mol. The van der Waals surface area contributed by atoms with Crippen molar-refractivity contribution in [2.75, 3.05) is 25.0 Å². The summed E-state index contributed by atoms with van der Waals surface area (Å²) < 4.78 is 0. The quantitative estimate of drug-likeness (QED) is 0.669. The number of carbonyl (C=O) groups is 1. The van der Waals surface area contributed by atoms with Gasteiger partial charge >= 0.3 is 0 Å². The van der Waals surface area contributed by atoms with Crippen LogP contribution in [-0.2, 0) is 4.79 Å². The van der Waals surface area contributed by atoms with E-state index < -0.39 is 0 Å². The molecular formula is C19H26N2OS. The van der Waals surface area contributed by atoms with Crippen LogP contribution in [0, 0.1) is 6.92 Å². The van der Waals surface area contributed by atoms with Gasteiger partial charge < -0.3 is 9.80 Å². The zero-order chi connectivity index (χ0) is 16.8. The number of thiophene rings is 1. The lowest BCUT2D eigenvalue weighted by Crippen LogP contribution is -2.35. The van der Waals surface area contributed by atoms with E-state index in [1.54, 1.807) is 11.3 Å². The Kier molecular flexibility index (Phi) is 6.37. The number of hydrogen-bond acceptors (Lipinski definition) is 3. The topological polar surface area (TPSA) is 23.6 Å². The first-order chi connectivity index (χ1) is 11.1. The summed E-state index contributed by atoms with van der Waals surface area (Å²) in [7, 11) is 2.11. The molecule has 124 valence electrons. The summed E-state index contributed by atoms with van der Waals surface area (Å²) in [5.74, 6) is 0. The van der Waals surface area contributed by atoms with Crippen molar-refractivity contribution in [1.82, 2.24) is 4.90 Å². The molecule has 1 aromatic carbocycles. The lowest BCUT2D eigenvalue weighted by molar-refractivity contribution is -0.107. The molecule has 23 heavy (non-hydrogen) atoms. The zero-order valence-corrected chi connectivity index (χ0v) is 15.3. The zero-order valence-electron chi connectivity index (χ0n) is 14.5. The number of anilines is 1. The van der Waals surface area contributed by atoms with E-state index in [-0.39, 0.29) is 6.04 Å². The molecule has 2 rings (SSSR count). The maximum atomic E-state index is 11.7. The highest BCUT2D eigenvalue weighted by Crippen LogP contribution is 2.36. The van der Waals surface area contributed by atoms with Crippen LogP contribution in [0.15, 0.2) is 36.4 Å². The van der Waals surface area contributed by atoms with Crippen molar-refractivity contribution in [3.05, 3.63) is 41.3 Å². The van der Waals surface area contributed by atoms with E-state index in [4.69, 9.17) is 0 Å². The Morgan fingerprint density at radius 2 is 1.96 bits per heavy atom. The van der Waals surface area contributed by atoms with Crippen LogP contribution >= 0.6 is 11.3 Å². The summed E-state index contributed by atoms with van der Waals surface area (Å²) in [6.07, 6.45) is 1.94. The number of aryl methyl sites for hydroxylation is 1. The minimum atomic E-state index is 0.193. The number of hydrogen-bond donors (Lipinski definition) is 0. The van der Waals surface area contributed by atoms with Gasteiger partial charge in [0.05, 0.1) is 5.69 Å². The van der Waals surface area contributed by atoms with E-state index in [9.17, 15) is 4.79 Å². The molecule has 3 nitrogen and oxygen atoms in total. The highest BCUT2D eigenvalue weighted by atomic mass is 32.1. The number of benzene rings is 1. The van der Waals surface area contributed by atoms with Gasteiger partial charge in [-0.25, -0.2) is 0 Å². The average molecular weight is 330 g/mol. The molecule has 1 amide bonds. The van der Waals surface area contributed by atoms with Crippen molar-refractivity contribution >= 4 is 23.4 Å². The second-order valence-electron chi connectivity index (χ2n) is 5.96. The highest BCUT2D eigenvalue weighted by Gasteiger charge is 2.19. The maximum Gasteiger partial charge on any atom is 0.214 e. The van der Waals surface area contributed by atoms with Crippen molar-refractivity contribution < 1.29 is 4.79 Å². The SMILES string of the molecule is CCN(C)CCC(C)N(C=O)c1cc(-c2ccccc2)sc1C. The molecule has 1 heterocycles. The Balaban J connectivity index is 2.18. The molecule has 1 atom stereocenters. The first-order valence-electron chi connectivity index (χ1n) is 8.14. The van der Waals surface area contributed by atoms with Crippen LogP contribution in [0.5, 0.6) is 0 Å². The van der Waals surface area contributed by atoms with Crippen LogP contribution in [0.25, 0.3) is 10.4 Å². The first-order valence-corrected chi connectivity index (χ1v) is 8.96. The van der Waals surface area contributed by atoms with Gasteiger partial charge in [0.15, 0.2) is 0 Å². The number of amides is 1. The fraction of sp³-hybridized carbons (Fsp3) is 0.421. The van der Waals surface area contributed by atoms with E-state index >= 15 is 0 Å². The molecule has 1 aromatic heterocycles. The summed E-state index contributed by atoms with van der Waals surface area (Å²) in [4.78, 5) is 18.2. The third kappa shape index (κ3) is 4.43. The largest absolute Gasteiger partial charge is 0.311 e. The van der Waals surface area contributed by atoms with Gasteiger partial charge in [0, 0.05) is 15.8 Å². The van der Waals surface area contributed by atoms with Gasteiger partial charge in [0.1, 0.15) is 0 Å². The summed E-state index contributed by atoms with van der Waals surface area (Å²) in [6.45, 7) is 8.39. The number of carbonyl (C=O) groups excluding carboxylic acids is 1. The van der Waals surface area contributed by atoms with Gasteiger partial charge in [-0.05, 0) is 52.0 Å². The standard InChI is InChI=1S/C19H26N2OS/c1-5-20(4)12-11-15(2)21(14-22)18-13-19(23-16(18)3)17-9-7-6-8-10-17/h6-10,13-15H,5,11-12H2,1-4H3. The monoisotopic (exact) mass is 330 g/mol. The fourth-order valence-corrected chi connectivity index (χ4v) is 3.60. The average Bonchev–Trinajstić information content (AvgIpc) is 2.96. The second kappa shape index (κ2) is 8.27. The number of nitrogens with zero attached hydrogens (tertiary/aromatic N) is 2. The third-order valence-electron chi connectivity index (χ3n) is 4.28. The van der Waals surface area contributed by atoms with E-state index in [1.807, 2.05) is 23.1 Å². The fourth-order valence-electron chi connectivity index (χ4n) is 2.58. The third-order valence-corrected chi connectivity index (χ3v) is 5.37. The van der Waals surface area contributed by atoms with Crippen molar-refractivity contribution in [2.24, 2.45) is 0 Å². The molecule has 0 N–H and O–H groups in total. The van der Waals surface area contributed by atoms with Gasteiger partial charge in [-0.3, -0.25) is 4.79 Å². The normalized spacial score (nSPS) is 12.4. The van der Waals surface area contributed by atoms with Crippen LogP contribution in [-0.4, -0.2) is 37.5 Å². The first kappa shape index (κ1) is 17.7. The van der Waals surface area contributed by atoms with Gasteiger partial charge in [-0.1, -0.05) is 37.3 Å². The van der Waals surface area contributed by atoms with Crippen LogP contribution < -0.4 is 4.90 Å². The van der Waals surface area contributed by atoms with Crippen molar-refractivity contribution in [3.63, 3.8) is 0 Å². The van der Waals surface area contributed by atoms with E-state index in [0.29, 0.717) is 0 Å². The van der Waals surface area contributed by atoms with Crippen LogP contribution in [0.2, 0.25) is 0 Å². The van der Waals surface area contributed by atoms with Crippen LogP contribution in [0.3, 0.4) is 0 Å². The Bertz CT molecular complexity index is 624. The van der Waals surface area contributed by atoms with Crippen molar-refractivity contribution in [3.8, 4) is 10.4 Å². The summed E-state index contributed by atoms with van der Waals surface area (Å²) in [5, 5.41) is 0. The molecule has 0 bridgehead atoms. The predicted octanol–water partition coefficient (Wildman–Crippen LogP) is 4.42. The minimum Gasteiger partial charge on any atom is -0.311 e. The van der Waals surface area contributed by atoms with E-state index in [0.717, 1.165) is 31.6 Å². The Morgan fingerprint density at radius 1 is 1.26 bits per heavy atom. The molecule has 0 saturated heterocycles. The molecule has 0 fully saturated rings. The minimum absolute atomic E-state index is 0.193. The van der Waals surface area contributed by atoms with E-state index in [2.05, 4.69) is 50.9 Å². The maximum absolute atomic E-state index is 11.7. The van der Waals surface area contributed by atoms with Gasteiger partial charge in [0.2, 0.25) is 6.41 Å². The molecule has 0 spiro atoms. The smallest absolute Gasteiger partial charge is 0.214 e. The molecule has 1 unspecified atom stereocenters. The van der Waals surface area contributed by atoms with Gasteiger partial charge in [-0.15, -0.1) is 11.3 Å². The molecule has 0 aliphatic carbocycles. The van der Waals surface area contributed by atoms with E-state index in [1.165, 1.54) is 15.3 Å². The van der Waals surface area contributed by atoms with Gasteiger partial charge in [0.25, 0.3) is 0 Å². The summed E-state index contributed by atoms with van der Waals surface area (Å²) in [5.41, 5.74) is 2.24. The summed E-state index contributed by atoms with van der Waals surface area (Å²) in [6, 6.07) is 12.7.